The molecule has 12 heteroatoms. The van der Waals surface area contributed by atoms with Crippen LogP contribution >= 0.6 is 0 Å². The predicted octanol–water partition coefficient (Wildman–Crippen LogP) is 2.41. The maximum absolute atomic E-state index is 11.9. The smallest absolute Gasteiger partial charge is 0.407 e. The fourth-order valence-corrected chi connectivity index (χ4v) is 2.49. The predicted molar refractivity (Wildman–Crippen MR) is 122 cm³/mol. The lowest BCUT2D eigenvalue weighted by Crippen LogP contribution is -2.32. The number of hydrogen-bond acceptors (Lipinski definition) is 8. The molecule has 1 aromatic rings. The third-order valence-electron chi connectivity index (χ3n) is 4.02. The summed E-state index contributed by atoms with van der Waals surface area (Å²) in [5.74, 6) is 0. The molecule has 4 N–H and O–H groups in total. The average Bonchev–Trinajstić information content (AvgIpc) is 2.79. The average molecular weight is 483 g/mol. The van der Waals surface area contributed by atoms with E-state index in [9.17, 15) is 19.2 Å². The van der Waals surface area contributed by atoms with E-state index in [1.54, 1.807) is 33.8 Å². The van der Waals surface area contributed by atoms with Crippen molar-refractivity contribution in [3.05, 3.63) is 35.4 Å². The van der Waals surface area contributed by atoms with Crippen LogP contribution in [0.3, 0.4) is 0 Å². The van der Waals surface area contributed by atoms with E-state index in [1.165, 1.54) is 0 Å². The Bertz CT molecular complexity index is 744. The highest BCUT2D eigenvalue weighted by atomic mass is 16.6. The van der Waals surface area contributed by atoms with Crippen molar-refractivity contribution in [1.29, 1.82) is 0 Å². The number of benzene rings is 1. The summed E-state index contributed by atoms with van der Waals surface area (Å²) in [5.41, 5.74) is 1.58. The molecule has 12 nitrogen and oxygen atoms in total. The Morgan fingerprint density at radius 1 is 0.706 bits per heavy atom. The Kier molecular flexibility index (Phi) is 13.3. The number of carbonyl (C=O) groups is 4. The van der Waals surface area contributed by atoms with Crippen LogP contribution in [0.1, 0.15) is 38.8 Å². The molecule has 4 amide bonds. The number of nitrogens with one attached hydrogen (secondary N) is 4. The van der Waals surface area contributed by atoms with Gasteiger partial charge in [0, 0.05) is 26.2 Å². The van der Waals surface area contributed by atoms with E-state index in [1.807, 2.05) is 18.2 Å². The van der Waals surface area contributed by atoms with Gasteiger partial charge in [-0.2, -0.15) is 0 Å². The zero-order valence-electron chi connectivity index (χ0n) is 20.0. The molecule has 0 spiro atoms. The van der Waals surface area contributed by atoms with Gasteiger partial charge < -0.3 is 40.2 Å². The minimum Gasteiger partial charge on any atom is -0.446 e. The number of rotatable bonds is 12. The van der Waals surface area contributed by atoms with Crippen molar-refractivity contribution in [2.45, 2.75) is 53.0 Å². The van der Waals surface area contributed by atoms with Crippen LogP contribution in [0.4, 0.5) is 19.2 Å². The van der Waals surface area contributed by atoms with E-state index >= 15 is 0 Å². The summed E-state index contributed by atoms with van der Waals surface area (Å²) in [4.78, 5) is 46.4. The van der Waals surface area contributed by atoms with Crippen molar-refractivity contribution in [3.8, 4) is 0 Å². The van der Waals surface area contributed by atoms with Crippen LogP contribution in [-0.4, -0.2) is 62.9 Å². The summed E-state index contributed by atoms with van der Waals surface area (Å²) in [6, 6.07) is 7.22. The summed E-state index contributed by atoms with van der Waals surface area (Å²) in [6.45, 7) is 7.91. The molecule has 0 radical (unpaired) electrons. The van der Waals surface area contributed by atoms with Gasteiger partial charge >= 0.3 is 24.4 Å². The highest BCUT2D eigenvalue weighted by Crippen LogP contribution is 2.06. The van der Waals surface area contributed by atoms with Crippen molar-refractivity contribution < 1.29 is 38.1 Å². The minimum atomic E-state index is -0.650. The van der Waals surface area contributed by atoms with Gasteiger partial charge in [-0.05, 0) is 38.8 Å². The summed E-state index contributed by atoms with van der Waals surface area (Å²) in [5, 5.41) is 10.2. The van der Waals surface area contributed by atoms with Crippen LogP contribution in [0.15, 0.2) is 24.3 Å². The maximum atomic E-state index is 11.9. The van der Waals surface area contributed by atoms with Crippen molar-refractivity contribution in [2.75, 3.05) is 26.3 Å². The van der Waals surface area contributed by atoms with Gasteiger partial charge in [-0.25, -0.2) is 19.2 Å². The van der Waals surface area contributed by atoms with Gasteiger partial charge in [-0.1, -0.05) is 24.3 Å². The molecule has 2 unspecified atom stereocenters. The van der Waals surface area contributed by atoms with Gasteiger partial charge in [0.2, 0.25) is 0 Å². The molecular weight excluding hydrogens is 448 g/mol. The third kappa shape index (κ3) is 13.0. The lowest BCUT2D eigenvalue weighted by molar-refractivity contribution is 0.0530. The first kappa shape index (κ1) is 28.3. The molecule has 0 bridgehead atoms. The van der Waals surface area contributed by atoms with Gasteiger partial charge in [-0.3, -0.25) is 0 Å². The Morgan fingerprint density at radius 3 is 1.50 bits per heavy atom. The second-order valence-electron chi connectivity index (χ2n) is 7.22. The molecule has 0 aliphatic rings. The standard InChI is InChI=1S/C22H34N4O8/c1-5-23-19(27)31-13-15(3)33-21(29)25-11-17-8-7-9-18(10-17)12-26-22(30)34-16(4)14-32-20(28)24-6-2/h7-10,15-16H,5-6,11-14H2,1-4H3,(H,23,27)(H,24,28)(H,25,29)(H,26,30). The van der Waals surface area contributed by atoms with Crippen molar-refractivity contribution in [3.63, 3.8) is 0 Å². The summed E-state index contributed by atoms with van der Waals surface area (Å²) in [7, 11) is 0. The Hall–Kier alpha value is -3.70. The van der Waals surface area contributed by atoms with Crippen LogP contribution in [0.5, 0.6) is 0 Å². The quantitative estimate of drug-likeness (QED) is 0.331. The van der Waals surface area contributed by atoms with Gasteiger partial charge in [0.25, 0.3) is 0 Å². The number of alkyl carbamates (subject to hydrolysis) is 4. The lowest BCUT2D eigenvalue weighted by atomic mass is 10.1. The van der Waals surface area contributed by atoms with E-state index in [2.05, 4.69) is 21.3 Å². The molecule has 0 heterocycles. The maximum Gasteiger partial charge on any atom is 0.407 e. The molecule has 190 valence electrons. The molecule has 1 rings (SSSR count). The molecule has 0 aliphatic carbocycles. The number of ether oxygens (including phenoxy) is 4. The van der Waals surface area contributed by atoms with Crippen LogP contribution in [0.2, 0.25) is 0 Å². The Labute approximate surface area is 199 Å². The van der Waals surface area contributed by atoms with Crippen molar-refractivity contribution in [2.24, 2.45) is 0 Å². The molecular formula is C22H34N4O8. The summed E-state index contributed by atoms with van der Waals surface area (Å²) in [6.07, 6.45) is -3.67. The van der Waals surface area contributed by atoms with Crippen LogP contribution in [0, 0.1) is 0 Å². The molecule has 0 fully saturated rings. The fourth-order valence-electron chi connectivity index (χ4n) is 2.49. The number of carbonyl (C=O) groups excluding carboxylic acids is 4. The molecule has 2 atom stereocenters. The summed E-state index contributed by atoms with van der Waals surface area (Å²) >= 11 is 0. The monoisotopic (exact) mass is 482 g/mol. The number of hydrogen-bond donors (Lipinski definition) is 4. The van der Waals surface area contributed by atoms with E-state index in [-0.39, 0.29) is 26.3 Å². The van der Waals surface area contributed by atoms with Crippen LogP contribution in [0.25, 0.3) is 0 Å². The zero-order chi connectivity index (χ0) is 25.3. The van der Waals surface area contributed by atoms with E-state index in [0.29, 0.717) is 13.1 Å². The molecule has 34 heavy (non-hydrogen) atoms. The van der Waals surface area contributed by atoms with Gasteiger partial charge in [-0.15, -0.1) is 0 Å². The first-order chi connectivity index (χ1) is 16.2. The van der Waals surface area contributed by atoms with Gasteiger partial charge in [0.05, 0.1) is 0 Å². The molecule has 1 aromatic carbocycles. The molecule has 0 saturated carbocycles. The Morgan fingerprint density at radius 2 is 1.12 bits per heavy atom. The molecule has 0 saturated heterocycles. The van der Waals surface area contributed by atoms with Crippen LogP contribution in [-0.2, 0) is 32.0 Å². The SMILES string of the molecule is CCNC(=O)OCC(C)OC(=O)NCc1cccc(CNC(=O)OC(C)COC(=O)NCC)c1. The van der Waals surface area contributed by atoms with Crippen molar-refractivity contribution in [1.82, 2.24) is 21.3 Å². The lowest BCUT2D eigenvalue weighted by Gasteiger charge is -2.15. The van der Waals surface area contributed by atoms with E-state index in [4.69, 9.17) is 18.9 Å². The fraction of sp³-hybridized carbons (Fsp3) is 0.545. The largest absolute Gasteiger partial charge is 0.446 e. The Balaban J connectivity index is 2.35. The summed E-state index contributed by atoms with van der Waals surface area (Å²) < 4.78 is 20.1. The second kappa shape index (κ2) is 16.0. The highest BCUT2D eigenvalue weighted by Gasteiger charge is 2.13. The first-order valence-electron chi connectivity index (χ1n) is 11.0. The normalized spacial score (nSPS) is 11.9. The topological polar surface area (TPSA) is 153 Å². The van der Waals surface area contributed by atoms with Gasteiger partial charge in [0.1, 0.15) is 25.4 Å². The number of amides is 4. The van der Waals surface area contributed by atoms with Crippen molar-refractivity contribution >= 4 is 24.4 Å². The highest BCUT2D eigenvalue weighted by molar-refractivity contribution is 5.69. The second-order valence-corrected chi connectivity index (χ2v) is 7.22. The van der Waals surface area contributed by atoms with Crippen LogP contribution < -0.4 is 21.3 Å². The first-order valence-corrected chi connectivity index (χ1v) is 11.0. The minimum absolute atomic E-state index is 0.0623. The zero-order valence-corrected chi connectivity index (χ0v) is 20.0. The van der Waals surface area contributed by atoms with E-state index < -0.39 is 36.6 Å². The molecule has 0 aliphatic heterocycles. The van der Waals surface area contributed by atoms with E-state index in [0.717, 1.165) is 11.1 Å². The third-order valence-corrected chi connectivity index (χ3v) is 4.02. The molecule has 0 aromatic heterocycles. The van der Waals surface area contributed by atoms with Gasteiger partial charge in [0.15, 0.2) is 0 Å².